The Labute approximate surface area is 167 Å². The SMILES string of the molecule is C#CCN(c1ncc(C)s1)C(c1ccc(C)c(F)c1)C(C1CC1)[Si](C)(C)C. The molecule has 0 amide bonds. The van der Waals surface area contributed by atoms with E-state index in [2.05, 4.69) is 48.4 Å². The molecule has 5 heteroatoms. The zero-order chi connectivity index (χ0) is 19.8. The number of hydrogen-bond donors (Lipinski definition) is 0. The van der Waals surface area contributed by atoms with E-state index >= 15 is 0 Å². The van der Waals surface area contributed by atoms with Gasteiger partial charge in [-0.3, -0.25) is 0 Å². The fourth-order valence-corrected chi connectivity index (χ4v) is 7.99. The zero-order valence-electron chi connectivity index (χ0n) is 16.9. The average Bonchev–Trinajstić information content (AvgIpc) is 3.32. The third-order valence-electron chi connectivity index (χ3n) is 5.46. The van der Waals surface area contributed by atoms with Gasteiger partial charge in [-0.05, 0) is 42.5 Å². The zero-order valence-corrected chi connectivity index (χ0v) is 18.7. The average molecular weight is 401 g/mol. The lowest BCUT2D eigenvalue weighted by Gasteiger charge is -2.42. The predicted octanol–water partition coefficient (Wildman–Crippen LogP) is 6.20. The second kappa shape index (κ2) is 7.77. The van der Waals surface area contributed by atoms with Crippen molar-refractivity contribution in [3.63, 3.8) is 0 Å². The summed E-state index contributed by atoms with van der Waals surface area (Å²) in [5, 5.41) is 0.945. The lowest BCUT2D eigenvalue weighted by Crippen LogP contribution is -2.42. The third-order valence-corrected chi connectivity index (χ3v) is 9.20. The van der Waals surface area contributed by atoms with Crippen LogP contribution in [-0.2, 0) is 0 Å². The van der Waals surface area contributed by atoms with E-state index < -0.39 is 8.07 Å². The highest BCUT2D eigenvalue weighted by molar-refractivity contribution is 7.15. The van der Waals surface area contributed by atoms with Gasteiger partial charge in [0.2, 0.25) is 0 Å². The predicted molar refractivity (Wildman–Crippen MR) is 117 cm³/mol. The van der Waals surface area contributed by atoms with Gasteiger partial charge in [-0.2, -0.15) is 0 Å². The van der Waals surface area contributed by atoms with Crippen molar-refractivity contribution in [3.05, 3.63) is 46.2 Å². The molecule has 1 aromatic carbocycles. The number of hydrogen-bond acceptors (Lipinski definition) is 3. The van der Waals surface area contributed by atoms with Crippen molar-refractivity contribution in [2.45, 2.75) is 57.9 Å². The molecule has 0 saturated heterocycles. The van der Waals surface area contributed by atoms with Gasteiger partial charge in [0, 0.05) is 11.1 Å². The van der Waals surface area contributed by atoms with Crippen molar-refractivity contribution in [1.29, 1.82) is 0 Å². The van der Waals surface area contributed by atoms with E-state index in [0.717, 1.165) is 15.6 Å². The third kappa shape index (κ3) is 4.44. The molecule has 0 bridgehead atoms. The van der Waals surface area contributed by atoms with Gasteiger partial charge in [0.15, 0.2) is 5.13 Å². The van der Waals surface area contributed by atoms with Crippen LogP contribution in [0, 0.1) is 37.9 Å². The van der Waals surface area contributed by atoms with Gasteiger partial charge < -0.3 is 4.90 Å². The molecule has 2 atom stereocenters. The molecule has 1 heterocycles. The molecule has 1 aliphatic rings. The van der Waals surface area contributed by atoms with Gasteiger partial charge in [0.25, 0.3) is 0 Å². The van der Waals surface area contributed by atoms with Gasteiger partial charge >= 0.3 is 0 Å². The summed E-state index contributed by atoms with van der Waals surface area (Å²) in [6, 6.07) is 5.77. The van der Waals surface area contributed by atoms with Gasteiger partial charge in [0.1, 0.15) is 5.82 Å². The molecule has 0 spiro atoms. The fourth-order valence-electron chi connectivity index (χ4n) is 4.13. The number of halogens is 1. The summed E-state index contributed by atoms with van der Waals surface area (Å²) in [4.78, 5) is 8.05. The number of aryl methyl sites for hydroxylation is 2. The molecule has 27 heavy (non-hydrogen) atoms. The van der Waals surface area contributed by atoms with E-state index in [9.17, 15) is 4.39 Å². The maximum absolute atomic E-state index is 14.5. The molecule has 0 N–H and O–H groups in total. The highest BCUT2D eigenvalue weighted by Crippen LogP contribution is 2.54. The van der Waals surface area contributed by atoms with Gasteiger partial charge in [0.05, 0.1) is 20.7 Å². The molecule has 144 valence electrons. The number of anilines is 1. The first-order chi connectivity index (χ1) is 12.7. The molecule has 0 radical (unpaired) electrons. The Bertz CT molecular complexity index is 845. The lowest BCUT2D eigenvalue weighted by atomic mass is 9.97. The van der Waals surface area contributed by atoms with Gasteiger partial charge in [-0.15, -0.1) is 17.8 Å². The van der Waals surface area contributed by atoms with Crippen LogP contribution in [0.2, 0.25) is 25.2 Å². The second-order valence-electron chi connectivity index (χ2n) is 8.77. The van der Waals surface area contributed by atoms with Crippen LogP contribution in [0.3, 0.4) is 0 Å². The van der Waals surface area contributed by atoms with Crippen molar-refractivity contribution < 1.29 is 4.39 Å². The van der Waals surface area contributed by atoms with E-state index in [4.69, 9.17) is 6.42 Å². The molecule has 1 aliphatic carbocycles. The van der Waals surface area contributed by atoms with E-state index in [1.54, 1.807) is 17.4 Å². The summed E-state index contributed by atoms with van der Waals surface area (Å²) in [5.41, 5.74) is 2.22. The van der Waals surface area contributed by atoms with E-state index in [0.29, 0.717) is 23.6 Å². The van der Waals surface area contributed by atoms with E-state index in [1.807, 2.05) is 19.2 Å². The molecule has 2 nitrogen and oxygen atoms in total. The van der Waals surface area contributed by atoms with Crippen LogP contribution >= 0.6 is 11.3 Å². The first-order valence-corrected chi connectivity index (χ1v) is 14.0. The summed E-state index contributed by atoms with van der Waals surface area (Å²) in [6.45, 7) is 11.6. The standard InChI is InChI=1S/C22H29FN2SSi/c1-7-12-25(22-24-14-16(3)26-22)20(18-9-8-15(2)19(23)13-18)21(17-10-11-17)27(4,5)6/h1,8-9,13-14,17,20-21H,10-12H2,2-6H3. The summed E-state index contributed by atoms with van der Waals surface area (Å²) in [6.07, 6.45) is 10.2. The Balaban J connectivity index is 2.15. The van der Waals surface area contributed by atoms with Crippen LogP contribution in [0.15, 0.2) is 24.4 Å². The smallest absolute Gasteiger partial charge is 0.186 e. The molecule has 1 fully saturated rings. The number of aromatic nitrogens is 1. The number of rotatable bonds is 7. The van der Waals surface area contributed by atoms with Crippen LogP contribution in [0.4, 0.5) is 9.52 Å². The fraction of sp³-hybridized carbons (Fsp3) is 0.500. The summed E-state index contributed by atoms with van der Waals surface area (Å²) in [7, 11) is -1.54. The number of thiazole rings is 1. The molecule has 3 rings (SSSR count). The number of benzene rings is 1. The normalized spacial score (nSPS) is 16.6. The quantitative estimate of drug-likeness (QED) is 0.406. The molecule has 1 aromatic heterocycles. The molecule has 0 aliphatic heterocycles. The highest BCUT2D eigenvalue weighted by Gasteiger charge is 2.47. The first-order valence-electron chi connectivity index (χ1n) is 9.61. The molecule has 2 unspecified atom stereocenters. The van der Waals surface area contributed by atoms with E-state index in [-0.39, 0.29) is 11.9 Å². The van der Waals surface area contributed by atoms with Gasteiger partial charge in [-0.25, -0.2) is 9.37 Å². The van der Waals surface area contributed by atoms with Crippen molar-refractivity contribution in [2.24, 2.45) is 5.92 Å². The summed E-state index contributed by atoms with van der Waals surface area (Å²) >= 11 is 1.67. The summed E-state index contributed by atoms with van der Waals surface area (Å²) < 4.78 is 14.5. The van der Waals surface area contributed by atoms with Crippen LogP contribution < -0.4 is 4.90 Å². The van der Waals surface area contributed by atoms with Crippen molar-refractivity contribution in [2.75, 3.05) is 11.4 Å². The molecule has 2 aromatic rings. The molecule has 1 saturated carbocycles. The Morgan fingerprint density at radius 1 is 1.33 bits per heavy atom. The van der Waals surface area contributed by atoms with Crippen LogP contribution in [0.1, 0.15) is 34.9 Å². The lowest BCUT2D eigenvalue weighted by molar-refractivity contribution is 0.533. The number of nitrogens with zero attached hydrogens (tertiary/aromatic N) is 2. The Morgan fingerprint density at radius 2 is 2.04 bits per heavy atom. The van der Waals surface area contributed by atoms with Crippen LogP contribution in [0.25, 0.3) is 0 Å². The summed E-state index contributed by atoms with van der Waals surface area (Å²) in [5.74, 6) is 3.39. The van der Waals surface area contributed by atoms with Crippen molar-refractivity contribution in [3.8, 4) is 12.3 Å². The van der Waals surface area contributed by atoms with Crippen LogP contribution in [0.5, 0.6) is 0 Å². The highest BCUT2D eigenvalue weighted by atomic mass is 32.1. The first kappa shape index (κ1) is 20.1. The Kier molecular flexibility index (Phi) is 5.78. The second-order valence-corrected chi connectivity index (χ2v) is 15.4. The minimum absolute atomic E-state index is 0.0702. The number of terminal acetylenes is 1. The Hall–Kier alpha value is -1.64. The maximum atomic E-state index is 14.5. The maximum Gasteiger partial charge on any atom is 0.186 e. The monoisotopic (exact) mass is 400 g/mol. The van der Waals surface area contributed by atoms with Crippen molar-refractivity contribution >= 4 is 24.5 Å². The minimum Gasteiger partial charge on any atom is -0.330 e. The molecular formula is C22H29FN2SSi. The van der Waals surface area contributed by atoms with Crippen molar-refractivity contribution in [1.82, 2.24) is 4.98 Å². The topological polar surface area (TPSA) is 16.1 Å². The van der Waals surface area contributed by atoms with Crippen LogP contribution in [-0.4, -0.2) is 19.6 Å². The molecular weight excluding hydrogens is 371 g/mol. The Morgan fingerprint density at radius 3 is 2.52 bits per heavy atom. The minimum atomic E-state index is -1.54. The largest absolute Gasteiger partial charge is 0.330 e. The van der Waals surface area contributed by atoms with E-state index in [1.165, 1.54) is 12.8 Å². The van der Waals surface area contributed by atoms with Gasteiger partial charge in [-0.1, -0.05) is 50.5 Å².